The number of ether oxygens (including phenoxy) is 2. The molecule has 3 atom stereocenters. The van der Waals surface area contributed by atoms with E-state index in [1.807, 2.05) is 24.3 Å². The number of para-hydroxylation sites is 2. The third-order valence-corrected chi connectivity index (χ3v) is 6.00. The summed E-state index contributed by atoms with van der Waals surface area (Å²) in [5, 5.41) is 10.6. The molecule has 5 nitrogen and oxygen atoms in total. The van der Waals surface area contributed by atoms with Gasteiger partial charge in [0.2, 0.25) is 0 Å². The molecule has 0 amide bonds. The minimum atomic E-state index is -0.291. The molecule has 1 fully saturated rings. The fourth-order valence-corrected chi connectivity index (χ4v) is 4.66. The summed E-state index contributed by atoms with van der Waals surface area (Å²) in [7, 11) is 0. The predicted molar refractivity (Wildman–Crippen MR) is 103 cm³/mol. The van der Waals surface area contributed by atoms with Crippen molar-refractivity contribution in [3.05, 3.63) is 59.7 Å². The van der Waals surface area contributed by atoms with Crippen LogP contribution in [0.1, 0.15) is 17.2 Å². The van der Waals surface area contributed by atoms with Crippen LogP contribution in [0.25, 0.3) is 0 Å². The van der Waals surface area contributed by atoms with Gasteiger partial charge in [-0.2, -0.15) is 0 Å². The first-order valence-corrected chi connectivity index (χ1v) is 9.89. The molecule has 27 heavy (non-hydrogen) atoms. The monoisotopic (exact) mass is 366 g/mol. The van der Waals surface area contributed by atoms with E-state index in [1.165, 1.54) is 11.1 Å². The molecule has 2 unspecified atom stereocenters. The molecule has 0 saturated carbocycles. The van der Waals surface area contributed by atoms with Crippen LogP contribution in [-0.4, -0.2) is 66.4 Å². The van der Waals surface area contributed by atoms with Gasteiger partial charge in [0, 0.05) is 39.1 Å². The summed E-state index contributed by atoms with van der Waals surface area (Å²) >= 11 is 0. The van der Waals surface area contributed by atoms with Gasteiger partial charge in [-0.3, -0.25) is 9.80 Å². The smallest absolute Gasteiger partial charge is 0.161 e. The Morgan fingerprint density at radius 2 is 1.67 bits per heavy atom. The summed E-state index contributed by atoms with van der Waals surface area (Å²) in [6.07, 6.45) is 0.554. The van der Waals surface area contributed by atoms with Crippen molar-refractivity contribution in [3.63, 3.8) is 0 Å². The molecule has 1 N–H and O–H groups in total. The Labute approximate surface area is 160 Å². The van der Waals surface area contributed by atoms with Crippen molar-refractivity contribution < 1.29 is 14.6 Å². The number of benzene rings is 2. The van der Waals surface area contributed by atoms with E-state index in [0.717, 1.165) is 50.6 Å². The Kier molecular flexibility index (Phi) is 4.52. The maximum atomic E-state index is 10.6. The quantitative estimate of drug-likeness (QED) is 0.901. The third kappa shape index (κ3) is 3.31. The standard InChI is InChI=1S/C22H26N2O3/c25-19-13-16-5-1-2-6-18(16)22(19)24-11-9-23(10-12-24)14-17-15-26-20-7-3-4-8-21(20)27-17/h1-8,17,19,22,25H,9-15H2/t17-,19?,22?/m0/s1. The zero-order chi connectivity index (χ0) is 18.2. The Bertz CT molecular complexity index is 804. The summed E-state index contributed by atoms with van der Waals surface area (Å²) in [6.45, 7) is 5.41. The van der Waals surface area contributed by atoms with Crippen molar-refractivity contribution in [2.24, 2.45) is 0 Å². The molecule has 0 bridgehead atoms. The van der Waals surface area contributed by atoms with Gasteiger partial charge in [0.15, 0.2) is 11.5 Å². The highest BCUT2D eigenvalue weighted by Gasteiger charge is 2.37. The molecule has 2 aromatic carbocycles. The molecule has 0 spiro atoms. The normalized spacial score (nSPS) is 28.1. The number of fused-ring (bicyclic) bond motifs is 2. The summed E-state index contributed by atoms with van der Waals surface area (Å²) in [6, 6.07) is 16.5. The lowest BCUT2D eigenvalue weighted by Crippen LogP contribution is -2.52. The molecule has 0 aromatic heterocycles. The van der Waals surface area contributed by atoms with E-state index in [0.29, 0.717) is 6.61 Å². The Morgan fingerprint density at radius 1 is 0.926 bits per heavy atom. The van der Waals surface area contributed by atoms with Crippen molar-refractivity contribution >= 4 is 0 Å². The molecule has 3 aliphatic rings. The average Bonchev–Trinajstić information content (AvgIpc) is 3.04. The molecule has 142 valence electrons. The third-order valence-electron chi connectivity index (χ3n) is 6.00. The summed E-state index contributed by atoms with van der Waals surface area (Å²) in [5.41, 5.74) is 2.60. The van der Waals surface area contributed by atoms with E-state index >= 15 is 0 Å². The lowest BCUT2D eigenvalue weighted by Gasteiger charge is -2.40. The number of piperazine rings is 1. The molecule has 1 saturated heterocycles. The lowest BCUT2D eigenvalue weighted by atomic mass is 10.1. The fraction of sp³-hybridized carbons (Fsp3) is 0.455. The van der Waals surface area contributed by atoms with E-state index in [-0.39, 0.29) is 18.2 Å². The zero-order valence-electron chi connectivity index (χ0n) is 15.5. The summed E-state index contributed by atoms with van der Waals surface area (Å²) < 4.78 is 11.9. The van der Waals surface area contributed by atoms with Gasteiger partial charge in [-0.1, -0.05) is 36.4 Å². The topological polar surface area (TPSA) is 45.2 Å². The number of rotatable bonds is 3. The number of hydrogen-bond acceptors (Lipinski definition) is 5. The van der Waals surface area contributed by atoms with Gasteiger partial charge in [-0.25, -0.2) is 0 Å². The van der Waals surface area contributed by atoms with E-state index in [2.05, 4.69) is 34.1 Å². The van der Waals surface area contributed by atoms with Gasteiger partial charge < -0.3 is 14.6 Å². The van der Waals surface area contributed by atoms with Crippen LogP contribution in [0.15, 0.2) is 48.5 Å². The SMILES string of the molecule is OC1Cc2ccccc2C1N1CCN(C[C@H]2COc3ccccc3O2)CC1. The highest BCUT2D eigenvalue weighted by Crippen LogP contribution is 2.36. The zero-order valence-corrected chi connectivity index (χ0v) is 15.5. The minimum absolute atomic E-state index is 0.0734. The van der Waals surface area contributed by atoms with E-state index in [4.69, 9.17) is 9.47 Å². The molecule has 5 rings (SSSR count). The summed E-state index contributed by atoms with van der Waals surface area (Å²) in [5.74, 6) is 1.69. The molecule has 2 heterocycles. The van der Waals surface area contributed by atoms with Crippen LogP contribution in [0.2, 0.25) is 0 Å². The van der Waals surface area contributed by atoms with E-state index in [1.54, 1.807) is 0 Å². The van der Waals surface area contributed by atoms with Gasteiger partial charge in [0.05, 0.1) is 12.1 Å². The van der Waals surface area contributed by atoms with Gasteiger partial charge in [-0.15, -0.1) is 0 Å². The van der Waals surface area contributed by atoms with Crippen molar-refractivity contribution in [1.29, 1.82) is 0 Å². The molecule has 2 aromatic rings. The Morgan fingerprint density at radius 3 is 2.52 bits per heavy atom. The van der Waals surface area contributed by atoms with Gasteiger partial charge in [0.1, 0.15) is 12.7 Å². The average molecular weight is 366 g/mol. The summed E-state index contributed by atoms with van der Waals surface area (Å²) in [4.78, 5) is 4.90. The number of nitrogens with zero attached hydrogens (tertiary/aromatic N) is 2. The maximum Gasteiger partial charge on any atom is 0.161 e. The maximum absolute atomic E-state index is 10.6. The van der Waals surface area contributed by atoms with Crippen molar-refractivity contribution in [2.45, 2.75) is 24.7 Å². The van der Waals surface area contributed by atoms with Crippen molar-refractivity contribution in [3.8, 4) is 11.5 Å². The second-order valence-corrected chi connectivity index (χ2v) is 7.75. The molecule has 1 aliphatic carbocycles. The number of aliphatic hydroxyl groups is 1. The van der Waals surface area contributed by atoms with E-state index < -0.39 is 0 Å². The molecule has 0 radical (unpaired) electrons. The number of hydrogen-bond donors (Lipinski definition) is 1. The van der Waals surface area contributed by atoms with Crippen LogP contribution < -0.4 is 9.47 Å². The first kappa shape index (κ1) is 17.0. The molecular formula is C22H26N2O3. The Hall–Kier alpha value is -2.08. The predicted octanol–water partition coefficient (Wildman–Crippen LogP) is 2.10. The second kappa shape index (κ2) is 7.15. The van der Waals surface area contributed by atoms with Crippen LogP contribution >= 0.6 is 0 Å². The highest BCUT2D eigenvalue weighted by molar-refractivity contribution is 5.40. The van der Waals surface area contributed by atoms with Crippen LogP contribution in [0.5, 0.6) is 11.5 Å². The molecule has 5 heteroatoms. The van der Waals surface area contributed by atoms with Gasteiger partial charge in [-0.05, 0) is 23.3 Å². The fourth-order valence-electron chi connectivity index (χ4n) is 4.66. The van der Waals surface area contributed by atoms with Gasteiger partial charge >= 0.3 is 0 Å². The highest BCUT2D eigenvalue weighted by atomic mass is 16.6. The Balaban J connectivity index is 1.18. The van der Waals surface area contributed by atoms with Crippen molar-refractivity contribution in [2.75, 3.05) is 39.3 Å². The van der Waals surface area contributed by atoms with Gasteiger partial charge in [0.25, 0.3) is 0 Å². The van der Waals surface area contributed by atoms with Crippen LogP contribution in [-0.2, 0) is 6.42 Å². The number of aliphatic hydroxyl groups excluding tert-OH is 1. The van der Waals surface area contributed by atoms with Crippen LogP contribution in [0, 0.1) is 0 Å². The molecule has 2 aliphatic heterocycles. The molecular weight excluding hydrogens is 340 g/mol. The van der Waals surface area contributed by atoms with E-state index in [9.17, 15) is 5.11 Å². The minimum Gasteiger partial charge on any atom is -0.486 e. The second-order valence-electron chi connectivity index (χ2n) is 7.75. The van der Waals surface area contributed by atoms with Crippen LogP contribution in [0.4, 0.5) is 0 Å². The van der Waals surface area contributed by atoms with Crippen LogP contribution in [0.3, 0.4) is 0 Å². The van der Waals surface area contributed by atoms with Crippen molar-refractivity contribution in [1.82, 2.24) is 9.80 Å². The first-order valence-electron chi connectivity index (χ1n) is 9.89. The largest absolute Gasteiger partial charge is 0.486 e. The first-order chi connectivity index (χ1) is 13.3. The lowest BCUT2D eigenvalue weighted by molar-refractivity contribution is 0.00711.